The van der Waals surface area contributed by atoms with Crippen LogP contribution in [-0.4, -0.2) is 12.0 Å². The number of hydrogen-bond donors (Lipinski definition) is 1. The van der Waals surface area contributed by atoms with Crippen LogP contribution in [0.5, 0.6) is 0 Å². The Labute approximate surface area is 108 Å². The van der Waals surface area contributed by atoms with E-state index >= 15 is 0 Å². The standard InChI is InChI=1S/C12H13BrN2S/c1-8(14-2)11-7-16-12(15-11)9-4-3-5-10(13)6-9/h3-8,14H,1-2H3. The summed E-state index contributed by atoms with van der Waals surface area (Å²) in [5, 5.41) is 6.37. The predicted molar refractivity (Wildman–Crippen MR) is 72.7 cm³/mol. The van der Waals surface area contributed by atoms with Gasteiger partial charge in [0, 0.05) is 21.5 Å². The molecule has 1 aromatic carbocycles. The number of thiazole rings is 1. The van der Waals surface area contributed by atoms with Gasteiger partial charge in [-0.05, 0) is 26.1 Å². The molecule has 2 rings (SSSR count). The fourth-order valence-corrected chi connectivity index (χ4v) is 2.70. The van der Waals surface area contributed by atoms with Gasteiger partial charge >= 0.3 is 0 Å². The molecule has 0 aliphatic rings. The fraction of sp³-hybridized carbons (Fsp3) is 0.250. The van der Waals surface area contributed by atoms with Gasteiger partial charge in [0.15, 0.2) is 0 Å². The Kier molecular flexibility index (Phi) is 3.74. The molecule has 0 fully saturated rings. The van der Waals surface area contributed by atoms with E-state index in [1.165, 1.54) is 0 Å². The minimum absolute atomic E-state index is 0.303. The molecule has 16 heavy (non-hydrogen) atoms. The molecule has 1 heterocycles. The molecule has 1 atom stereocenters. The van der Waals surface area contributed by atoms with Crippen molar-refractivity contribution in [3.8, 4) is 10.6 Å². The van der Waals surface area contributed by atoms with Crippen LogP contribution in [0.15, 0.2) is 34.1 Å². The van der Waals surface area contributed by atoms with Crippen LogP contribution < -0.4 is 5.32 Å². The Hall–Kier alpha value is -0.710. The van der Waals surface area contributed by atoms with E-state index in [4.69, 9.17) is 0 Å². The first kappa shape index (κ1) is 11.8. The Morgan fingerprint density at radius 2 is 2.25 bits per heavy atom. The maximum atomic E-state index is 4.63. The van der Waals surface area contributed by atoms with E-state index in [0.29, 0.717) is 6.04 Å². The number of nitrogens with one attached hydrogen (secondary N) is 1. The first-order valence-electron chi connectivity index (χ1n) is 5.09. The topological polar surface area (TPSA) is 24.9 Å². The second kappa shape index (κ2) is 5.08. The SMILES string of the molecule is CNC(C)c1csc(-c2cccc(Br)c2)n1. The van der Waals surface area contributed by atoms with Gasteiger partial charge in [-0.1, -0.05) is 28.1 Å². The van der Waals surface area contributed by atoms with Gasteiger partial charge in [-0.15, -0.1) is 11.3 Å². The third kappa shape index (κ3) is 2.51. The van der Waals surface area contributed by atoms with Crippen molar-refractivity contribution in [2.45, 2.75) is 13.0 Å². The van der Waals surface area contributed by atoms with E-state index in [9.17, 15) is 0 Å². The van der Waals surface area contributed by atoms with Gasteiger partial charge in [0.25, 0.3) is 0 Å². The second-order valence-electron chi connectivity index (χ2n) is 3.60. The Morgan fingerprint density at radius 1 is 1.44 bits per heavy atom. The zero-order valence-corrected chi connectivity index (χ0v) is 11.6. The van der Waals surface area contributed by atoms with E-state index in [1.807, 2.05) is 19.2 Å². The van der Waals surface area contributed by atoms with Gasteiger partial charge in [-0.2, -0.15) is 0 Å². The number of aromatic nitrogens is 1. The van der Waals surface area contributed by atoms with Crippen molar-refractivity contribution in [3.63, 3.8) is 0 Å². The van der Waals surface area contributed by atoms with Gasteiger partial charge in [-0.3, -0.25) is 0 Å². The molecule has 2 nitrogen and oxygen atoms in total. The van der Waals surface area contributed by atoms with Crippen LogP contribution in [0.3, 0.4) is 0 Å². The molecule has 0 saturated heterocycles. The lowest BCUT2D eigenvalue weighted by molar-refractivity contribution is 0.637. The van der Waals surface area contributed by atoms with Crippen molar-refractivity contribution in [2.75, 3.05) is 7.05 Å². The van der Waals surface area contributed by atoms with Gasteiger partial charge in [0.2, 0.25) is 0 Å². The number of benzene rings is 1. The van der Waals surface area contributed by atoms with Crippen molar-refractivity contribution in [1.29, 1.82) is 0 Å². The fourth-order valence-electron chi connectivity index (χ4n) is 1.39. The second-order valence-corrected chi connectivity index (χ2v) is 5.37. The maximum Gasteiger partial charge on any atom is 0.123 e. The normalized spacial score (nSPS) is 12.7. The van der Waals surface area contributed by atoms with Gasteiger partial charge in [-0.25, -0.2) is 4.98 Å². The van der Waals surface area contributed by atoms with Gasteiger partial charge in [0.05, 0.1) is 5.69 Å². The number of rotatable bonds is 3. The monoisotopic (exact) mass is 296 g/mol. The Morgan fingerprint density at radius 3 is 2.94 bits per heavy atom. The molecule has 1 aromatic heterocycles. The largest absolute Gasteiger partial charge is 0.312 e. The minimum Gasteiger partial charge on any atom is -0.312 e. The van der Waals surface area contributed by atoms with Crippen molar-refractivity contribution in [2.24, 2.45) is 0 Å². The molecule has 0 saturated carbocycles. The van der Waals surface area contributed by atoms with Crippen LogP contribution in [-0.2, 0) is 0 Å². The van der Waals surface area contributed by atoms with Gasteiger partial charge in [0.1, 0.15) is 5.01 Å². The van der Waals surface area contributed by atoms with Crippen LogP contribution in [0.1, 0.15) is 18.7 Å². The highest BCUT2D eigenvalue weighted by molar-refractivity contribution is 9.10. The van der Waals surface area contributed by atoms with Crippen molar-refractivity contribution < 1.29 is 0 Å². The number of nitrogens with zero attached hydrogens (tertiary/aromatic N) is 1. The molecular formula is C12H13BrN2S. The van der Waals surface area contributed by atoms with Gasteiger partial charge < -0.3 is 5.32 Å². The first-order chi connectivity index (χ1) is 7.70. The van der Waals surface area contributed by atoms with E-state index in [-0.39, 0.29) is 0 Å². The van der Waals surface area contributed by atoms with Crippen LogP contribution in [0.25, 0.3) is 10.6 Å². The molecule has 84 valence electrons. The summed E-state index contributed by atoms with van der Waals surface area (Å²) in [4.78, 5) is 4.63. The summed E-state index contributed by atoms with van der Waals surface area (Å²) in [5.74, 6) is 0. The molecule has 1 N–H and O–H groups in total. The summed E-state index contributed by atoms with van der Waals surface area (Å²) in [6.45, 7) is 2.11. The zero-order valence-electron chi connectivity index (χ0n) is 9.20. The number of halogens is 1. The molecule has 0 aliphatic carbocycles. The Bertz CT molecular complexity index is 481. The summed E-state index contributed by atoms with van der Waals surface area (Å²) in [6.07, 6.45) is 0. The van der Waals surface area contributed by atoms with Crippen molar-refractivity contribution in [3.05, 3.63) is 39.8 Å². The van der Waals surface area contributed by atoms with E-state index < -0.39 is 0 Å². The molecule has 2 aromatic rings. The third-order valence-corrected chi connectivity index (χ3v) is 3.87. The summed E-state index contributed by atoms with van der Waals surface area (Å²) in [5.41, 5.74) is 2.26. The summed E-state index contributed by atoms with van der Waals surface area (Å²) >= 11 is 5.16. The molecule has 0 aliphatic heterocycles. The highest BCUT2D eigenvalue weighted by Gasteiger charge is 2.09. The maximum absolute atomic E-state index is 4.63. The smallest absolute Gasteiger partial charge is 0.123 e. The molecular weight excluding hydrogens is 284 g/mol. The van der Waals surface area contributed by atoms with E-state index in [1.54, 1.807) is 11.3 Å². The molecule has 0 radical (unpaired) electrons. The zero-order chi connectivity index (χ0) is 11.5. The molecule has 0 bridgehead atoms. The highest BCUT2D eigenvalue weighted by atomic mass is 79.9. The molecule has 1 unspecified atom stereocenters. The summed E-state index contributed by atoms with van der Waals surface area (Å²) in [7, 11) is 1.95. The number of hydrogen-bond acceptors (Lipinski definition) is 3. The molecule has 0 spiro atoms. The lowest BCUT2D eigenvalue weighted by Gasteiger charge is -2.04. The molecule has 0 amide bonds. The molecule has 4 heteroatoms. The lowest BCUT2D eigenvalue weighted by Crippen LogP contribution is -2.12. The minimum atomic E-state index is 0.303. The quantitative estimate of drug-likeness (QED) is 0.930. The van der Waals surface area contributed by atoms with Crippen molar-refractivity contribution in [1.82, 2.24) is 10.3 Å². The summed E-state index contributed by atoms with van der Waals surface area (Å²) < 4.78 is 1.09. The van der Waals surface area contributed by atoms with Crippen molar-refractivity contribution >= 4 is 27.3 Å². The van der Waals surface area contributed by atoms with Crippen LogP contribution in [0.4, 0.5) is 0 Å². The highest BCUT2D eigenvalue weighted by Crippen LogP contribution is 2.27. The van der Waals surface area contributed by atoms with Crippen LogP contribution in [0.2, 0.25) is 0 Å². The van der Waals surface area contributed by atoms with E-state index in [2.05, 4.69) is 50.7 Å². The third-order valence-electron chi connectivity index (χ3n) is 2.47. The summed E-state index contributed by atoms with van der Waals surface area (Å²) in [6, 6.07) is 8.53. The van der Waals surface area contributed by atoms with E-state index in [0.717, 1.165) is 20.7 Å². The lowest BCUT2D eigenvalue weighted by atomic mass is 10.2. The van der Waals surface area contributed by atoms with Crippen LogP contribution in [0, 0.1) is 0 Å². The van der Waals surface area contributed by atoms with Crippen LogP contribution >= 0.6 is 27.3 Å². The first-order valence-corrected chi connectivity index (χ1v) is 6.76. The Balaban J connectivity index is 2.31. The predicted octanol–water partition coefficient (Wildman–Crippen LogP) is 3.85. The average Bonchev–Trinajstić information content (AvgIpc) is 2.77. The average molecular weight is 297 g/mol.